The van der Waals surface area contributed by atoms with Gasteiger partial charge >= 0.3 is 0 Å². The van der Waals surface area contributed by atoms with Crippen molar-refractivity contribution in [2.75, 3.05) is 26.2 Å². The molecule has 24 heavy (non-hydrogen) atoms. The predicted molar refractivity (Wildman–Crippen MR) is 91.6 cm³/mol. The smallest absolute Gasteiger partial charge is 0.274 e. The summed E-state index contributed by atoms with van der Waals surface area (Å²) in [5, 5.41) is 3.24. The predicted octanol–water partition coefficient (Wildman–Crippen LogP) is 2.06. The molecule has 0 aromatic carbocycles. The van der Waals surface area contributed by atoms with Crippen molar-refractivity contribution >= 4 is 17.2 Å². The summed E-state index contributed by atoms with van der Waals surface area (Å²) in [6.07, 6.45) is 9.98. The lowest BCUT2D eigenvalue weighted by molar-refractivity contribution is 0.0582. The highest BCUT2D eigenvalue weighted by molar-refractivity contribution is 7.09. The fourth-order valence-electron chi connectivity index (χ4n) is 3.85. The minimum absolute atomic E-state index is 0.00980. The third-order valence-electron chi connectivity index (χ3n) is 5.25. The number of hydrogen-bond donors (Lipinski definition) is 0. The van der Waals surface area contributed by atoms with E-state index in [1.807, 2.05) is 16.5 Å². The molecule has 4 rings (SSSR count). The standard InChI is InChI=1S/C17H21N5OS/c23-16(14-11-18-4-5-19-14)22-8-2-17(3-9-22)1-7-21(13-17)12-15-20-6-10-24-15/h4-6,10-11H,1-3,7-9,12-13H2. The lowest BCUT2D eigenvalue weighted by Crippen LogP contribution is -2.44. The monoisotopic (exact) mass is 343 g/mol. The lowest BCUT2D eigenvalue weighted by atomic mass is 9.77. The summed E-state index contributed by atoms with van der Waals surface area (Å²) in [6, 6.07) is 0. The Balaban J connectivity index is 1.34. The van der Waals surface area contributed by atoms with Crippen LogP contribution in [0.4, 0.5) is 0 Å². The first-order chi connectivity index (χ1) is 11.7. The summed E-state index contributed by atoms with van der Waals surface area (Å²) >= 11 is 1.73. The number of carbonyl (C=O) groups excluding carboxylic acids is 1. The number of carbonyl (C=O) groups is 1. The van der Waals surface area contributed by atoms with Crippen LogP contribution < -0.4 is 0 Å². The molecule has 0 atom stereocenters. The number of likely N-dealkylation sites (tertiary alicyclic amines) is 2. The van der Waals surface area contributed by atoms with Crippen molar-refractivity contribution in [3.05, 3.63) is 40.9 Å². The number of piperidine rings is 1. The molecule has 2 aromatic rings. The molecular weight excluding hydrogens is 322 g/mol. The van der Waals surface area contributed by atoms with Crippen LogP contribution in [0.5, 0.6) is 0 Å². The van der Waals surface area contributed by atoms with E-state index in [4.69, 9.17) is 0 Å². The maximum Gasteiger partial charge on any atom is 0.274 e. The first-order valence-corrected chi connectivity index (χ1v) is 9.28. The van der Waals surface area contributed by atoms with E-state index >= 15 is 0 Å². The highest BCUT2D eigenvalue weighted by Gasteiger charge is 2.41. The molecule has 4 heterocycles. The van der Waals surface area contributed by atoms with Crippen molar-refractivity contribution in [2.45, 2.75) is 25.8 Å². The first kappa shape index (κ1) is 15.7. The average molecular weight is 343 g/mol. The van der Waals surface area contributed by atoms with E-state index in [2.05, 4.69) is 19.9 Å². The number of hydrogen-bond acceptors (Lipinski definition) is 6. The third-order valence-corrected chi connectivity index (χ3v) is 6.02. The Labute approximate surface area is 145 Å². The van der Waals surface area contributed by atoms with Crippen LogP contribution in [0.1, 0.15) is 34.8 Å². The van der Waals surface area contributed by atoms with Gasteiger partial charge in [-0.3, -0.25) is 14.7 Å². The minimum Gasteiger partial charge on any atom is -0.337 e. The van der Waals surface area contributed by atoms with Gasteiger partial charge in [0.2, 0.25) is 0 Å². The quantitative estimate of drug-likeness (QED) is 0.854. The topological polar surface area (TPSA) is 62.2 Å². The molecule has 2 aromatic heterocycles. The molecule has 2 aliphatic heterocycles. The number of amides is 1. The summed E-state index contributed by atoms with van der Waals surface area (Å²) in [5.41, 5.74) is 0.821. The molecule has 2 aliphatic rings. The van der Waals surface area contributed by atoms with Crippen molar-refractivity contribution in [1.82, 2.24) is 24.8 Å². The Morgan fingerprint density at radius 1 is 1.12 bits per heavy atom. The van der Waals surface area contributed by atoms with Gasteiger partial charge in [-0.1, -0.05) is 0 Å². The molecule has 1 spiro atoms. The van der Waals surface area contributed by atoms with Gasteiger partial charge in [0, 0.05) is 43.6 Å². The zero-order valence-electron chi connectivity index (χ0n) is 13.6. The van der Waals surface area contributed by atoms with Gasteiger partial charge in [0.05, 0.1) is 12.7 Å². The first-order valence-electron chi connectivity index (χ1n) is 8.40. The van der Waals surface area contributed by atoms with Crippen LogP contribution in [0.25, 0.3) is 0 Å². The SMILES string of the molecule is O=C(c1cnccn1)N1CCC2(CCN(Cc3nccs3)C2)CC1. The maximum atomic E-state index is 12.5. The number of nitrogens with zero attached hydrogens (tertiary/aromatic N) is 5. The molecule has 7 heteroatoms. The Morgan fingerprint density at radius 3 is 2.67 bits per heavy atom. The van der Waals surface area contributed by atoms with Crippen LogP contribution in [-0.4, -0.2) is 56.8 Å². The number of thiazole rings is 1. The Hall–Kier alpha value is -1.86. The van der Waals surface area contributed by atoms with Crippen molar-refractivity contribution in [3.8, 4) is 0 Å². The molecule has 6 nitrogen and oxygen atoms in total. The molecule has 126 valence electrons. The third kappa shape index (κ3) is 3.18. The van der Waals surface area contributed by atoms with Crippen LogP contribution in [0, 0.1) is 5.41 Å². The molecule has 2 fully saturated rings. The normalized spacial score (nSPS) is 20.6. The highest BCUT2D eigenvalue weighted by atomic mass is 32.1. The number of aromatic nitrogens is 3. The number of rotatable bonds is 3. The van der Waals surface area contributed by atoms with E-state index in [1.165, 1.54) is 11.4 Å². The summed E-state index contributed by atoms with van der Waals surface area (Å²) in [5.74, 6) is 0.00980. The van der Waals surface area contributed by atoms with Crippen molar-refractivity contribution in [2.24, 2.45) is 5.41 Å². The van der Waals surface area contributed by atoms with Gasteiger partial charge in [0.25, 0.3) is 5.91 Å². The largest absolute Gasteiger partial charge is 0.337 e. The van der Waals surface area contributed by atoms with Crippen LogP contribution in [0.3, 0.4) is 0 Å². The molecule has 1 amide bonds. The second-order valence-electron chi connectivity index (χ2n) is 6.77. The molecule has 0 radical (unpaired) electrons. The molecule has 0 bridgehead atoms. The molecule has 0 saturated carbocycles. The zero-order valence-corrected chi connectivity index (χ0v) is 14.4. The van der Waals surface area contributed by atoms with Gasteiger partial charge in [-0.05, 0) is 31.2 Å². The molecule has 0 N–H and O–H groups in total. The molecular formula is C17H21N5OS. The molecule has 0 aliphatic carbocycles. The van der Waals surface area contributed by atoms with Crippen molar-refractivity contribution in [3.63, 3.8) is 0 Å². The van der Waals surface area contributed by atoms with Crippen LogP contribution in [0.2, 0.25) is 0 Å². The van der Waals surface area contributed by atoms with E-state index < -0.39 is 0 Å². The average Bonchev–Trinajstić information content (AvgIpc) is 3.27. The van der Waals surface area contributed by atoms with E-state index in [-0.39, 0.29) is 5.91 Å². The summed E-state index contributed by atoms with van der Waals surface area (Å²) in [6.45, 7) is 4.86. The summed E-state index contributed by atoms with van der Waals surface area (Å²) in [7, 11) is 0. The van der Waals surface area contributed by atoms with Crippen LogP contribution in [-0.2, 0) is 6.54 Å². The van der Waals surface area contributed by atoms with E-state index in [0.717, 1.165) is 45.6 Å². The molecule has 0 unspecified atom stereocenters. The second kappa shape index (κ2) is 6.57. The minimum atomic E-state index is 0.00980. The highest BCUT2D eigenvalue weighted by Crippen LogP contribution is 2.41. The molecule has 2 saturated heterocycles. The Bertz CT molecular complexity index is 682. The van der Waals surface area contributed by atoms with Crippen molar-refractivity contribution in [1.29, 1.82) is 0 Å². The van der Waals surface area contributed by atoms with Crippen molar-refractivity contribution < 1.29 is 4.79 Å². The van der Waals surface area contributed by atoms with E-state index in [9.17, 15) is 4.79 Å². The fourth-order valence-corrected chi connectivity index (χ4v) is 4.51. The van der Waals surface area contributed by atoms with E-state index in [1.54, 1.807) is 29.9 Å². The van der Waals surface area contributed by atoms with Gasteiger partial charge in [-0.25, -0.2) is 9.97 Å². The summed E-state index contributed by atoms with van der Waals surface area (Å²) in [4.78, 5) is 29.4. The Morgan fingerprint density at radius 2 is 1.96 bits per heavy atom. The van der Waals surface area contributed by atoms with Gasteiger partial charge in [0.15, 0.2) is 0 Å². The van der Waals surface area contributed by atoms with Gasteiger partial charge in [-0.15, -0.1) is 11.3 Å². The second-order valence-corrected chi connectivity index (χ2v) is 7.75. The zero-order chi connectivity index (χ0) is 16.4. The maximum absolute atomic E-state index is 12.5. The lowest BCUT2D eigenvalue weighted by Gasteiger charge is -2.39. The van der Waals surface area contributed by atoms with E-state index in [0.29, 0.717) is 11.1 Å². The Kier molecular flexibility index (Phi) is 4.28. The van der Waals surface area contributed by atoms with Gasteiger partial charge < -0.3 is 4.90 Å². The van der Waals surface area contributed by atoms with Crippen LogP contribution >= 0.6 is 11.3 Å². The van der Waals surface area contributed by atoms with Gasteiger partial charge in [0.1, 0.15) is 10.7 Å². The summed E-state index contributed by atoms with van der Waals surface area (Å²) < 4.78 is 0. The van der Waals surface area contributed by atoms with Gasteiger partial charge in [-0.2, -0.15) is 0 Å². The fraction of sp³-hybridized carbons (Fsp3) is 0.529. The van der Waals surface area contributed by atoms with Crippen LogP contribution in [0.15, 0.2) is 30.2 Å².